The molecule has 1 atom stereocenters. The van der Waals surface area contributed by atoms with Gasteiger partial charge in [0.25, 0.3) is 0 Å². The van der Waals surface area contributed by atoms with Crippen molar-refractivity contribution in [3.8, 4) is 5.75 Å². The van der Waals surface area contributed by atoms with Crippen LogP contribution in [-0.4, -0.2) is 5.97 Å². The van der Waals surface area contributed by atoms with Crippen molar-refractivity contribution in [1.29, 1.82) is 0 Å². The molecule has 24 heavy (non-hydrogen) atoms. The Morgan fingerprint density at radius 2 is 1.50 bits per heavy atom. The first-order valence-corrected chi connectivity index (χ1v) is 7.45. The van der Waals surface area contributed by atoms with Gasteiger partial charge in [-0.3, -0.25) is 0 Å². The van der Waals surface area contributed by atoms with E-state index in [1.165, 1.54) is 11.5 Å². The summed E-state index contributed by atoms with van der Waals surface area (Å²) in [7, 11) is 0. The van der Waals surface area contributed by atoms with Crippen molar-refractivity contribution in [2.45, 2.75) is 0 Å². The van der Waals surface area contributed by atoms with Gasteiger partial charge in [-0.15, -0.1) is 0 Å². The van der Waals surface area contributed by atoms with Gasteiger partial charge in [-0.2, -0.15) is 9.90 Å². The Morgan fingerprint density at radius 3 is 2.25 bits per heavy atom. The van der Waals surface area contributed by atoms with E-state index in [-0.39, 0.29) is 9.90 Å². The minimum Gasteiger partial charge on any atom is -0.423 e. The SMILES string of the molecule is C=CC(=O)Oc1cccc2ccc3cc4ccccc4cc3c12.P. The van der Waals surface area contributed by atoms with Crippen LogP contribution in [0.4, 0.5) is 0 Å². The molecular weight excluding hydrogens is 315 g/mol. The fraction of sp³-hybridized carbons (Fsp3) is 0. The molecule has 118 valence electrons. The Labute approximate surface area is 143 Å². The van der Waals surface area contributed by atoms with Crippen LogP contribution in [-0.2, 0) is 4.79 Å². The van der Waals surface area contributed by atoms with E-state index in [0.717, 1.165) is 26.9 Å². The van der Waals surface area contributed by atoms with Crippen molar-refractivity contribution in [2.24, 2.45) is 0 Å². The predicted octanol–water partition coefficient (Wildman–Crippen LogP) is 5.30. The maximum atomic E-state index is 11.6. The summed E-state index contributed by atoms with van der Waals surface area (Å²) in [4.78, 5) is 11.6. The zero-order chi connectivity index (χ0) is 15.8. The number of rotatable bonds is 2. The van der Waals surface area contributed by atoms with E-state index in [9.17, 15) is 4.79 Å². The molecule has 4 aromatic carbocycles. The van der Waals surface area contributed by atoms with Crippen molar-refractivity contribution in [3.63, 3.8) is 0 Å². The average Bonchev–Trinajstić information content (AvgIpc) is 2.59. The Hall–Kier alpha value is -2.70. The fourth-order valence-electron chi connectivity index (χ4n) is 3.00. The van der Waals surface area contributed by atoms with Crippen LogP contribution in [0.15, 0.2) is 79.4 Å². The molecule has 1 unspecified atom stereocenters. The molecule has 0 amide bonds. The highest BCUT2D eigenvalue weighted by molar-refractivity contribution is 6.92. The molecule has 0 fully saturated rings. The zero-order valence-electron chi connectivity index (χ0n) is 13.2. The van der Waals surface area contributed by atoms with Crippen molar-refractivity contribution in [3.05, 3.63) is 79.4 Å². The Balaban J connectivity index is 0.00000169. The van der Waals surface area contributed by atoms with E-state index in [2.05, 4.69) is 43.0 Å². The second-order valence-electron chi connectivity index (χ2n) is 5.47. The van der Waals surface area contributed by atoms with Gasteiger partial charge in [-0.25, -0.2) is 4.79 Å². The number of benzene rings is 4. The van der Waals surface area contributed by atoms with Gasteiger partial charge in [-0.1, -0.05) is 55.1 Å². The van der Waals surface area contributed by atoms with Crippen LogP contribution in [0.1, 0.15) is 0 Å². The van der Waals surface area contributed by atoms with Crippen LogP contribution >= 0.6 is 9.90 Å². The van der Waals surface area contributed by atoms with E-state index < -0.39 is 5.97 Å². The first-order valence-electron chi connectivity index (χ1n) is 7.45. The topological polar surface area (TPSA) is 26.3 Å². The molecule has 0 aliphatic carbocycles. The predicted molar refractivity (Wildman–Crippen MR) is 106 cm³/mol. The smallest absolute Gasteiger partial charge is 0.335 e. The molecular formula is C21H17O2P. The monoisotopic (exact) mass is 332 g/mol. The van der Waals surface area contributed by atoms with Gasteiger partial charge in [0, 0.05) is 11.5 Å². The maximum Gasteiger partial charge on any atom is 0.335 e. The number of carbonyl (C=O) groups excluding carboxylic acids is 1. The van der Waals surface area contributed by atoms with E-state index in [1.54, 1.807) is 0 Å². The second kappa shape index (κ2) is 6.43. The Kier molecular flexibility index (Phi) is 4.33. The maximum absolute atomic E-state index is 11.6. The van der Waals surface area contributed by atoms with Crippen LogP contribution in [0, 0.1) is 0 Å². The number of esters is 1. The third-order valence-electron chi connectivity index (χ3n) is 4.07. The molecule has 0 N–H and O–H groups in total. The lowest BCUT2D eigenvalue weighted by Crippen LogP contribution is -2.03. The number of carbonyl (C=O) groups is 1. The molecule has 2 nitrogen and oxygen atoms in total. The van der Waals surface area contributed by atoms with Crippen molar-refractivity contribution in [1.82, 2.24) is 0 Å². The van der Waals surface area contributed by atoms with Crippen LogP contribution in [0.25, 0.3) is 32.3 Å². The summed E-state index contributed by atoms with van der Waals surface area (Å²) < 4.78 is 5.44. The molecule has 0 aliphatic rings. The molecule has 3 heteroatoms. The van der Waals surface area contributed by atoms with Crippen LogP contribution in [0.5, 0.6) is 5.75 Å². The molecule has 0 bridgehead atoms. The van der Waals surface area contributed by atoms with E-state index >= 15 is 0 Å². The van der Waals surface area contributed by atoms with Crippen LogP contribution < -0.4 is 4.74 Å². The molecule has 4 aromatic rings. The first-order chi connectivity index (χ1) is 11.3. The summed E-state index contributed by atoms with van der Waals surface area (Å²) in [5.74, 6) is 0.114. The summed E-state index contributed by atoms with van der Waals surface area (Å²) in [6.45, 7) is 3.47. The quantitative estimate of drug-likeness (QED) is 0.124. The zero-order valence-corrected chi connectivity index (χ0v) is 14.6. The lowest BCUT2D eigenvalue weighted by Gasteiger charge is -2.10. The van der Waals surface area contributed by atoms with Gasteiger partial charge in [0.1, 0.15) is 5.75 Å². The number of hydrogen-bond acceptors (Lipinski definition) is 2. The number of fused-ring (bicyclic) bond motifs is 4. The Morgan fingerprint density at radius 1 is 0.833 bits per heavy atom. The van der Waals surface area contributed by atoms with Crippen LogP contribution in [0.2, 0.25) is 0 Å². The standard InChI is InChI=1S/C21H14O2.H3P/c1-2-20(22)23-19-9-5-8-14-10-11-17-12-15-6-3-4-7-16(15)13-18(17)21(14)19;/h2-13H,1H2;1H3. The van der Waals surface area contributed by atoms with Crippen molar-refractivity contribution >= 4 is 48.2 Å². The normalized spacial score (nSPS) is 10.5. The Bertz CT molecular complexity index is 1080. The molecule has 0 heterocycles. The molecule has 0 spiro atoms. The highest BCUT2D eigenvalue weighted by Crippen LogP contribution is 2.35. The third kappa shape index (κ3) is 2.66. The fourth-order valence-corrected chi connectivity index (χ4v) is 3.00. The minimum atomic E-state index is -0.449. The summed E-state index contributed by atoms with van der Waals surface area (Å²) in [5, 5.41) is 6.55. The van der Waals surface area contributed by atoms with Gasteiger partial charge < -0.3 is 4.74 Å². The summed E-state index contributed by atoms with van der Waals surface area (Å²) >= 11 is 0. The van der Waals surface area contributed by atoms with Gasteiger partial charge in [0.2, 0.25) is 0 Å². The summed E-state index contributed by atoms with van der Waals surface area (Å²) in [6, 6.07) is 22.4. The number of hydrogen-bond donors (Lipinski definition) is 0. The van der Waals surface area contributed by atoms with E-state index in [0.29, 0.717) is 5.75 Å². The van der Waals surface area contributed by atoms with Crippen molar-refractivity contribution < 1.29 is 9.53 Å². The van der Waals surface area contributed by atoms with E-state index in [4.69, 9.17) is 4.74 Å². The molecule has 4 rings (SSSR count). The molecule has 0 aromatic heterocycles. The lowest BCUT2D eigenvalue weighted by molar-refractivity contribution is -0.128. The van der Waals surface area contributed by atoms with Gasteiger partial charge in [0.15, 0.2) is 0 Å². The highest BCUT2D eigenvalue weighted by Gasteiger charge is 2.10. The minimum absolute atomic E-state index is 0. The molecule has 0 radical (unpaired) electrons. The first kappa shape index (κ1) is 16.2. The average molecular weight is 332 g/mol. The van der Waals surface area contributed by atoms with Gasteiger partial charge >= 0.3 is 5.97 Å². The van der Waals surface area contributed by atoms with Gasteiger partial charge in [-0.05, 0) is 45.1 Å². The second-order valence-corrected chi connectivity index (χ2v) is 5.47. The summed E-state index contributed by atoms with van der Waals surface area (Å²) in [6.07, 6.45) is 1.18. The van der Waals surface area contributed by atoms with E-state index in [1.807, 2.05) is 30.3 Å². The summed E-state index contributed by atoms with van der Waals surface area (Å²) in [5.41, 5.74) is 0. The molecule has 0 aliphatic heterocycles. The largest absolute Gasteiger partial charge is 0.423 e. The lowest BCUT2D eigenvalue weighted by atomic mass is 9.98. The highest BCUT2D eigenvalue weighted by atomic mass is 31.0. The van der Waals surface area contributed by atoms with Crippen LogP contribution in [0.3, 0.4) is 0 Å². The van der Waals surface area contributed by atoms with Gasteiger partial charge in [0.05, 0.1) is 0 Å². The molecule has 0 saturated heterocycles. The molecule has 0 saturated carbocycles. The number of ether oxygens (including phenoxy) is 1. The van der Waals surface area contributed by atoms with Crippen molar-refractivity contribution in [2.75, 3.05) is 0 Å². The third-order valence-corrected chi connectivity index (χ3v) is 4.07.